The minimum atomic E-state index is -4.01. The van der Waals surface area contributed by atoms with E-state index in [0.717, 1.165) is 0 Å². The van der Waals surface area contributed by atoms with Crippen LogP contribution in [0.25, 0.3) is 0 Å². The first-order chi connectivity index (χ1) is 5.45. The van der Waals surface area contributed by atoms with E-state index < -0.39 is 21.8 Å². The Kier molecular flexibility index (Phi) is 8.78. The van der Waals surface area contributed by atoms with Gasteiger partial charge in [-0.2, -0.15) is 8.42 Å². The van der Waals surface area contributed by atoms with Gasteiger partial charge in [0.15, 0.2) is 0 Å². The molecule has 0 saturated heterocycles. The number of carbonyl (C=O) groups is 1. The summed E-state index contributed by atoms with van der Waals surface area (Å²) in [6.45, 7) is 1.53. The number of esters is 1. The second kappa shape index (κ2) is 7.39. The summed E-state index contributed by atoms with van der Waals surface area (Å²) in [5.41, 5.74) is 0. The zero-order valence-electron chi connectivity index (χ0n) is 7.82. The van der Waals surface area contributed by atoms with Crippen molar-refractivity contribution in [3.05, 3.63) is 0 Å². The molecular weight excluding hydrogens is 191 g/mol. The molecule has 7 heteroatoms. The third-order valence-electron chi connectivity index (χ3n) is 1.06. The first-order valence-corrected chi connectivity index (χ1v) is 5.17. The Hall–Kier alpha value is -0.0226. The summed E-state index contributed by atoms with van der Waals surface area (Å²) >= 11 is 0. The third-order valence-corrected chi connectivity index (χ3v) is 1.74. The summed E-state index contributed by atoms with van der Waals surface area (Å²) < 4.78 is 33.0. The van der Waals surface area contributed by atoms with Crippen molar-refractivity contribution in [3.63, 3.8) is 0 Å². The van der Waals surface area contributed by atoms with Gasteiger partial charge in [-0.25, -0.2) is 0 Å². The van der Waals surface area contributed by atoms with E-state index in [0.29, 0.717) is 6.42 Å². The minimum absolute atomic E-state index is 0. The molecule has 0 fully saturated rings. The number of hydrogen-bond donors (Lipinski definition) is 1. The summed E-state index contributed by atoms with van der Waals surface area (Å²) in [6, 6.07) is 0. The molecule has 0 aromatic rings. The average Bonchev–Trinajstić information content (AvgIpc) is 1.84. The number of rotatable bonds is 5. The van der Waals surface area contributed by atoms with Gasteiger partial charge in [0.2, 0.25) is 0 Å². The molecule has 0 aromatic carbocycles. The molecule has 1 radical (unpaired) electrons. The van der Waals surface area contributed by atoms with Crippen LogP contribution in [0.3, 0.4) is 0 Å². The summed E-state index contributed by atoms with van der Waals surface area (Å²) in [4.78, 5) is 10.6. The van der Waals surface area contributed by atoms with E-state index >= 15 is 0 Å². The van der Waals surface area contributed by atoms with Gasteiger partial charge in [0.25, 0.3) is 10.1 Å². The van der Waals surface area contributed by atoms with Crippen molar-refractivity contribution in [1.29, 1.82) is 0 Å². The normalized spacial score (nSPS) is 10.3. The Morgan fingerprint density at radius 1 is 1.46 bits per heavy atom. The molecule has 0 spiro atoms. The summed E-state index contributed by atoms with van der Waals surface area (Å²) in [7, 11) is -4.01. The fraction of sp³-hybridized carbons (Fsp3) is 0.833. The first kappa shape index (κ1) is 15.4. The van der Waals surface area contributed by atoms with Crippen molar-refractivity contribution in [3.8, 4) is 0 Å². The fourth-order valence-electron chi connectivity index (χ4n) is 0.537. The first-order valence-electron chi connectivity index (χ1n) is 3.56. The fourth-order valence-corrected chi connectivity index (χ4v) is 0.831. The Morgan fingerprint density at radius 2 is 2.00 bits per heavy atom. The van der Waals surface area contributed by atoms with Crippen LogP contribution in [0.2, 0.25) is 0 Å². The predicted molar refractivity (Wildman–Crippen MR) is 48.0 cm³/mol. The molecular formula is C6H12LiO5S. The van der Waals surface area contributed by atoms with Gasteiger partial charge in [-0.1, -0.05) is 6.92 Å². The van der Waals surface area contributed by atoms with Crippen molar-refractivity contribution in [2.75, 3.05) is 12.4 Å². The molecule has 0 amide bonds. The number of hydrogen-bond acceptors (Lipinski definition) is 4. The monoisotopic (exact) mass is 203 g/mol. The molecule has 0 bridgehead atoms. The van der Waals surface area contributed by atoms with Crippen molar-refractivity contribution < 1.29 is 22.5 Å². The molecule has 0 saturated carbocycles. The third kappa shape index (κ3) is 12.0. The van der Waals surface area contributed by atoms with Gasteiger partial charge in [0.05, 0.1) is 0 Å². The van der Waals surface area contributed by atoms with Gasteiger partial charge in [0.1, 0.15) is 12.4 Å². The second-order valence-electron chi connectivity index (χ2n) is 2.26. The molecule has 1 N–H and O–H groups in total. The molecule has 13 heavy (non-hydrogen) atoms. The topological polar surface area (TPSA) is 80.7 Å². The van der Waals surface area contributed by atoms with Crippen LogP contribution in [0.15, 0.2) is 0 Å². The molecule has 73 valence electrons. The van der Waals surface area contributed by atoms with Gasteiger partial charge in [-0.05, 0) is 6.42 Å². The summed E-state index contributed by atoms with van der Waals surface area (Å²) in [6.07, 6.45) is 0.927. The van der Waals surface area contributed by atoms with Gasteiger partial charge in [0, 0.05) is 25.3 Å². The Bertz CT molecular complexity index is 235. The van der Waals surface area contributed by atoms with Crippen LogP contribution in [0, 0.1) is 0 Å². The van der Waals surface area contributed by atoms with Crippen molar-refractivity contribution in [1.82, 2.24) is 0 Å². The summed E-state index contributed by atoms with van der Waals surface area (Å²) in [5, 5.41) is 0. The zero-order chi connectivity index (χ0) is 9.61. The molecule has 0 aliphatic carbocycles. The number of ether oxygens (including phenoxy) is 1. The van der Waals surface area contributed by atoms with Crippen LogP contribution in [-0.2, 0) is 19.6 Å². The molecule has 5 nitrogen and oxygen atoms in total. The molecule has 0 rings (SSSR count). The van der Waals surface area contributed by atoms with E-state index in [-0.39, 0.29) is 31.9 Å². The smallest absolute Gasteiger partial charge is 0.305 e. The average molecular weight is 203 g/mol. The van der Waals surface area contributed by atoms with Crippen molar-refractivity contribution >= 4 is 34.9 Å². The van der Waals surface area contributed by atoms with Gasteiger partial charge < -0.3 is 4.74 Å². The van der Waals surface area contributed by atoms with Crippen LogP contribution in [0.5, 0.6) is 0 Å². The minimum Gasteiger partial charge on any atom is -0.464 e. The predicted octanol–water partition coefficient (Wildman–Crippen LogP) is -0.163. The van der Waals surface area contributed by atoms with Crippen LogP contribution < -0.4 is 0 Å². The van der Waals surface area contributed by atoms with Crippen molar-refractivity contribution in [2.45, 2.75) is 19.8 Å². The molecule has 0 aliphatic rings. The maximum atomic E-state index is 10.6. The van der Waals surface area contributed by atoms with E-state index in [1.807, 2.05) is 6.92 Å². The molecule has 0 aromatic heterocycles. The van der Waals surface area contributed by atoms with E-state index in [2.05, 4.69) is 4.74 Å². The molecule has 0 aliphatic heterocycles. The van der Waals surface area contributed by atoms with Crippen LogP contribution in [-0.4, -0.2) is 50.2 Å². The molecule has 0 atom stereocenters. The van der Waals surface area contributed by atoms with E-state index in [4.69, 9.17) is 4.55 Å². The maximum absolute atomic E-state index is 10.6. The quantitative estimate of drug-likeness (QED) is 0.381. The van der Waals surface area contributed by atoms with Crippen LogP contribution in [0.4, 0.5) is 0 Å². The summed E-state index contributed by atoms with van der Waals surface area (Å²) in [5.74, 6) is -0.983. The van der Waals surface area contributed by atoms with Crippen LogP contribution >= 0.6 is 0 Å². The van der Waals surface area contributed by atoms with Gasteiger partial charge in [-0.15, -0.1) is 0 Å². The Morgan fingerprint density at radius 3 is 2.38 bits per heavy atom. The zero-order valence-corrected chi connectivity index (χ0v) is 8.63. The van der Waals surface area contributed by atoms with Crippen molar-refractivity contribution in [2.24, 2.45) is 0 Å². The van der Waals surface area contributed by atoms with E-state index in [1.165, 1.54) is 0 Å². The maximum Gasteiger partial charge on any atom is 0.305 e. The molecule has 0 heterocycles. The van der Waals surface area contributed by atoms with Crippen LogP contribution in [0.1, 0.15) is 19.8 Å². The second-order valence-corrected chi connectivity index (χ2v) is 3.83. The van der Waals surface area contributed by atoms with E-state index in [1.54, 1.807) is 0 Å². The van der Waals surface area contributed by atoms with Gasteiger partial charge >= 0.3 is 5.97 Å². The van der Waals surface area contributed by atoms with Gasteiger partial charge in [-0.3, -0.25) is 9.35 Å². The molecule has 0 unspecified atom stereocenters. The standard InChI is InChI=1S/C6H12O5S.Li/c1-2-3-6(7)11-4-5-12(8,9)10;/h2-5H2,1H3,(H,8,9,10);. The number of carbonyl (C=O) groups excluding carboxylic acids is 1. The SMILES string of the molecule is CCCC(=O)OCCS(=O)(=O)O.[Li]. The largest absolute Gasteiger partial charge is 0.464 e. The Balaban J connectivity index is 0. The van der Waals surface area contributed by atoms with E-state index in [9.17, 15) is 13.2 Å². The Labute approximate surface area is 89.8 Å².